The van der Waals surface area contributed by atoms with Gasteiger partial charge in [0, 0.05) is 12.3 Å². The van der Waals surface area contributed by atoms with Crippen LogP contribution in [0.15, 0.2) is 0 Å². The number of carbonyl (C=O) groups excluding carboxylic acids is 1. The van der Waals surface area contributed by atoms with E-state index in [0.717, 1.165) is 48.3 Å². The number of ether oxygens (including phenoxy) is 2. The molecule has 0 aromatic heterocycles. The summed E-state index contributed by atoms with van der Waals surface area (Å²) in [5, 5.41) is 0. The van der Waals surface area contributed by atoms with E-state index in [1.165, 1.54) is 51.4 Å². The van der Waals surface area contributed by atoms with Gasteiger partial charge in [-0.2, -0.15) is 0 Å². The van der Waals surface area contributed by atoms with E-state index in [9.17, 15) is 4.79 Å². The third-order valence-corrected chi connectivity index (χ3v) is 12.3. The van der Waals surface area contributed by atoms with Gasteiger partial charge in [0.2, 0.25) is 0 Å². The topological polar surface area (TPSA) is 38.8 Å². The molecule has 3 nitrogen and oxygen atoms in total. The van der Waals surface area contributed by atoms with Gasteiger partial charge in [0.15, 0.2) is 0 Å². The lowest BCUT2D eigenvalue weighted by atomic mass is 9.44. The number of epoxide rings is 1. The summed E-state index contributed by atoms with van der Waals surface area (Å²) in [5.74, 6) is 5.46. The van der Waals surface area contributed by atoms with Gasteiger partial charge in [-0.15, -0.1) is 0 Å². The van der Waals surface area contributed by atoms with Gasteiger partial charge in [0.1, 0.15) is 11.7 Å². The molecule has 0 amide bonds. The predicted molar refractivity (Wildman–Crippen MR) is 133 cm³/mol. The zero-order valence-corrected chi connectivity index (χ0v) is 22.5. The van der Waals surface area contributed by atoms with E-state index in [2.05, 4.69) is 41.5 Å². The number of hydrogen-bond donors (Lipinski definition) is 0. The van der Waals surface area contributed by atoms with Crippen molar-refractivity contribution in [2.24, 2.45) is 52.3 Å². The molecule has 188 valence electrons. The second-order valence-corrected chi connectivity index (χ2v) is 14.0. The summed E-state index contributed by atoms with van der Waals surface area (Å²) in [7, 11) is 0. The summed E-state index contributed by atoms with van der Waals surface area (Å²) in [5.41, 5.74) is 0.870. The first kappa shape index (κ1) is 24.1. The Bertz CT molecular complexity index is 762. The molecule has 4 aliphatic carbocycles. The van der Waals surface area contributed by atoms with Crippen LogP contribution in [0, 0.1) is 52.3 Å². The van der Waals surface area contributed by atoms with Crippen molar-refractivity contribution in [3.63, 3.8) is 0 Å². The molecule has 5 rings (SSSR count). The summed E-state index contributed by atoms with van der Waals surface area (Å²) in [6.45, 7) is 16.5. The Morgan fingerprint density at radius 2 is 1.73 bits per heavy atom. The summed E-state index contributed by atoms with van der Waals surface area (Å²) >= 11 is 0. The Balaban J connectivity index is 1.31. The minimum atomic E-state index is -0.113. The molecule has 1 spiro atoms. The van der Waals surface area contributed by atoms with Crippen molar-refractivity contribution >= 4 is 5.97 Å². The highest BCUT2D eigenvalue weighted by Crippen LogP contribution is 2.77. The summed E-state index contributed by atoms with van der Waals surface area (Å²) in [6, 6.07) is 0. The molecule has 1 heterocycles. The number of carbonyl (C=O) groups is 1. The van der Waals surface area contributed by atoms with Crippen molar-refractivity contribution in [2.75, 3.05) is 0 Å². The van der Waals surface area contributed by atoms with Gasteiger partial charge in [-0.3, -0.25) is 4.79 Å². The zero-order valence-electron chi connectivity index (χ0n) is 22.5. The van der Waals surface area contributed by atoms with Crippen LogP contribution >= 0.6 is 0 Å². The van der Waals surface area contributed by atoms with E-state index in [0.29, 0.717) is 17.4 Å². The Kier molecular flexibility index (Phi) is 6.03. The average molecular weight is 459 g/mol. The quantitative estimate of drug-likeness (QED) is 0.307. The molecule has 0 radical (unpaired) electrons. The average Bonchev–Trinajstić information content (AvgIpc) is 3.36. The third-order valence-electron chi connectivity index (χ3n) is 12.3. The van der Waals surface area contributed by atoms with E-state index in [-0.39, 0.29) is 23.1 Å². The smallest absolute Gasteiger partial charge is 0.302 e. The van der Waals surface area contributed by atoms with Crippen LogP contribution < -0.4 is 0 Å². The fourth-order valence-corrected chi connectivity index (χ4v) is 10.0. The first-order chi connectivity index (χ1) is 15.5. The van der Waals surface area contributed by atoms with Gasteiger partial charge < -0.3 is 9.47 Å². The second kappa shape index (κ2) is 8.24. The maximum absolute atomic E-state index is 11.6. The van der Waals surface area contributed by atoms with Crippen LogP contribution in [0.25, 0.3) is 0 Å². The lowest BCUT2D eigenvalue weighted by Gasteiger charge is -2.59. The van der Waals surface area contributed by atoms with Crippen molar-refractivity contribution in [3.8, 4) is 0 Å². The highest BCUT2D eigenvalue weighted by Gasteiger charge is 2.79. The number of fused-ring (bicyclic) bond motifs is 3. The first-order valence-corrected chi connectivity index (χ1v) is 14.4. The third kappa shape index (κ3) is 3.56. The number of hydrogen-bond acceptors (Lipinski definition) is 3. The molecule has 4 saturated carbocycles. The maximum Gasteiger partial charge on any atom is 0.302 e. The van der Waals surface area contributed by atoms with Crippen LogP contribution in [0.2, 0.25) is 0 Å². The summed E-state index contributed by atoms with van der Waals surface area (Å²) < 4.78 is 12.6. The molecule has 0 N–H and O–H groups in total. The normalized spacial score (nSPS) is 49.9. The Hall–Kier alpha value is -0.570. The molecule has 1 saturated heterocycles. The molecule has 5 aliphatic rings. The van der Waals surface area contributed by atoms with Gasteiger partial charge >= 0.3 is 5.97 Å². The van der Waals surface area contributed by atoms with Crippen LogP contribution in [-0.4, -0.2) is 23.8 Å². The van der Waals surface area contributed by atoms with Crippen molar-refractivity contribution < 1.29 is 14.3 Å². The van der Waals surface area contributed by atoms with Crippen molar-refractivity contribution in [1.29, 1.82) is 0 Å². The highest BCUT2D eigenvalue weighted by molar-refractivity contribution is 5.66. The van der Waals surface area contributed by atoms with Crippen LogP contribution in [0.5, 0.6) is 0 Å². The molecule has 0 aromatic rings. The van der Waals surface area contributed by atoms with E-state index < -0.39 is 0 Å². The van der Waals surface area contributed by atoms with Crippen LogP contribution in [-0.2, 0) is 14.3 Å². The number of esters is 1. The van der Waals surface area contributed by atoms with E-state index in [4.69, 9.17) is 9.47 Å². The molecule has 5 fully saturated rings. The maximum atomic E-state index is 11.6. The Morgan fingerprint density at radius 1 is 1.00 bits per heavy atom. The molecular formula is C30H50O3. The first-order valence-electron chi connectivity index (χ1n) is 14.4. The molecule has 0 bridgehead atoms. The SMILES string of the molecule is CC(=O)O[C@@H]1CC[C@]2(C)[C@@H](CC[C@@H]3[C@@H]4CC[C@@H]([C@H](C)CC[C@H](C)C(C)C)[C@@]4(C)C[C@H]4O[C@@]342)C1. The molecular weight excluding hydrogens is 408 g/mol. The predicted octanol–water partition coefficient (Wildman–Crippen LogP) is 7.42. The minimum absolute atomic E-state index is 0.113. The van der Waals surface area contributed by atoms with Gasteiger partial charge in [0.05, 0.1) is 6.10 Å². The molecule has 11 atom stereocenters. The number of rotatable bonds is 6. The standard InChI is InChI=1S/C30H50O3/c1-18(2)19(3)8-9-20(4)24-12-13-25-26-11-10-22-16-23(32-21(5)31)14-15-29(22,7)30(26)27(33-30)17-28(24,25)6/h18-20,22-27H,8-17H2,1-7H3/t19-,20+,22-,23+,24-,25-,26+,27+,28+,29+,30-/m0/s1. The largest absolute Gasteiger partial charge is 0.463 e. The van der Waals surface area contributed by atoms with Gasteiger partial charge in [0.25, 0.3) is 0 Å². The molecule has 33 heavy (non-hydrogen) atoms. The zero-order chi connectivity index (χ0) is 23.8. The van der Waals surface area contributed by atoms with Crippen LogP contribution in [0.3, 0.4) is 0 Å². The fraction of sp³-hybridized carbons (Fsp3) is 0.967. The van der Waals surface area contributed by atoms with Gasteiger partial charge in [-0.25, -0.2) is 0 Å². The molecule has 1 aliphatic heterocycles. The van der Waals surface area contributed by atoms with Crippen molar-refractivity contribution in [1.82, 2.24) is 0 Å². The van der Waals surface area contributed by atoms with Gasteiger partial charge in [-0.1, -0.05) is 54.4 Å². The van der Waals surface area contributed by atoms with E-state index in [1.807, 2.05) is 0 Å². The Morgan fingerprint density at radius 3 is 2.42 bits per heavy atom. The molecule has 0 unspecified atom stereocenters. The second-order valence-electron chi connectivity index (χ2n) is 14.0. The monoisotopic (exact) mass is 458 g/mol. The molecule has 3 heteroatoms. The Labute approximate surface area is 203 Å². The van der Waals surface area contributed by atoms with Gasteiger partial charge in [-0.05, 0) is 98.2 Å². The fourth-order valence-electron chi connectivity index (χ4n) is 10.0. The molecule has 0 aromatic carbocycles. The lowest BCUT2D eigenvalue weighted by molar-refractivity contribution is -0.159. The summed E-state index contributed by atoms with van der Waals surface area (Å²) in [4.78, 5) is 11.6. The van der Waals surface area contributed by atoms with E-state index in [1.54, 1.807) is 6.92 Å². The van der Waals surface area contributed by atoms with Crippen LogP contribution in [0.4, 0.5) is 0 Å². The van der Waals surface area contributed by atoms with Crippen molar-refractivity contribution in [3.05, 3.63) is 0 Å². The highest BCUT2D eigenvalue weighted by atomic mass is 16.6. The minimum Gasteiger partial charge on any atom is -0.463 e. The van der Waals surface area contributed by atoms with Crippen LogP contribution in [0.1, 0.15) is 113 Å². The van der Waals surface area contributed by atoms with E-state index >= 15 is 0 Å². The summed E-state index contributed by atoms with van der Waals surface area (Å²) in [6.07, 6.45) is 13.4. The lowest BCUT2D eigenvalue weighted by Crippen LogP contribution is -2.60. The van der Waals surface area contributed by atoms with Crippen molar-refractivity contribution in [2.45, 2.75) is 130 Å².